The van der Waals surface area contributed by atoms with Gasteiger partial charge in [-0.1, -0.05) is 22.0 Å². The number of rotatable bonds is 4. The van der Waals surface area contributed by atoms with Gasteiger partial charge in [0.1, 0.15) is 10.7 Å². The van der Waals surface area contributed by atoms with E-state index in [1.165, 1.54) is 25.3 Å². The molecule has 1 rings (SSSR count). The Balaban J connectivity index is 3.22. The summed E-state index contributed by atoms with van der Waals surface area (Å²) >= 11 is 3.07. The van der Waals surface area contributed by atoms with Crippen molar-refractivity contribution in [1.82, 2.24) is 4.31 Å². The van der Waals surface area contributed by atoms with Crippen molar-refractivity contribution in [3.05, 3.63) is 41.1 Å². The Morgan fingerprint density at radius 1 is 1.56 bits per heavy atom. The standard InChI is InChI=1S/C10H11BrFNO2S/c1-3-6-13(2)16(14,15)10-5-4-8(11)7-9(10)12/h3-5,7H,1,6H2,2H3. The number of benzene rings is 1. The molecule has 0 aliphatic heterocycles. The van der Waals surface area contributed by atoms with Crippen molar-refractivity contribution in [2.45, 2.75) is 4.90 Å². The van der Waals surface area contributed by atoms with Crippen molar-refractivity contribution < 1.29 is 12.8 Å². The number of halogens is 2. The lowest BCUT2D eigenvalue weighted by Gasteiger charge is -2.15. The molecule has 0 bridgehead atoms. The number of sulfonamides is 1. The summed E-state index contributed by atoms with van der Waals surface area (Å²) in [6, 6.07) is 3.83. The number of likely N-dealkylation sites (N-methyl/N-ethyl adjacent to an activating group) is 1. The monoisotopic (exact) mass is 307 g/mol. The third-order valence-corrected chi connectivity index (χ3v) is 4.32. The van der Waals surface area contributed by atoms with Gasteiger partial charge < -0.3 is 0 Å². The van der Waals surface area contributed by atoms with Gasteiger partial charge in [0.15, 0.2) is 0 Å². The summed E-state index contributed by atoms with van der Waals surface area (Å²) in [4.78, 5) is -0.333. The van der Waals surface area contributed by atoms with Gasteiger partial charge in [-0.3, -0.25) is 0 Å². The molecule has 0 saturated carbocycles. The van der Waals surface area contributed by atoms with Crippen molar-refractivity contribution >= 4 is 26.0 Å². The van der Waals surface area contributed by atoms with Crippen LogP contribution in [-0.4, -0.2) is 26.3 Å². The van der Waals surface area contributed by atoms with Crippen LogP contribution >= 0.6 is 15.9 Å². The number of hydrogen-bond acceptors (Lipinski definition) is 2. The molecule has 0 atom stereocenters. The van der Waals surface area contributed by atoms with Crippen LogP contribution in [0.4, 0.5) is 4.39 Å². The molecule has 16 heavy (non-hydrogen) atoms. The minimum Gasteiger partial charge on any atom is -0.207 e. The molecule has 0 heterocycles. The molecular weight excluding hydrogens is 297 g/mol. The second kappa shape index (κ2) is 5.07. The third kappa shape index (κ3) is 2.69. The van der Waals surface area contributed by atoms with Gasteiger partial charge in [0, 0.05) is 18.1 Å². The molecule has 6 heteroatoms. The number of nitrogens with zero attached hydrogens (tertiary/aromatic N) is 1. The highest BCUT2D eigenvalue weighted by molar-refractivity contribution is 9.10. The van der Waals surface area contributed by atoms with Crippen LogP contribution in [0.2, 0.25) is 0 Å². The Morgan fingerprint density at radius 2 is 2.19 bits per heavy atom. The first-order valence-electron chi connectivity index (χ1n) is 4.42. The van der Waals surface area contributed by atoms with Gasteiger partial charge in [-0.25, -0.2) is 12.8 Å². The van der Waals surface area contributed by atoms with Gasteiger partial charge in [0.25, 0.3) is 0 Å². The fourth-order valence-electron chi connectivity index (χ4n) is 1.13. The first-order valence-corrected chi connectivity index (χ1v) is 6.65. The maximum Gasteiger partial charge on any atom is 0.246 e. The molecule has 3 nitrogen and oxygen atoms in total. The van der Waals surface area contributed by atoms with Crippen LogP contribution < -0.4 is 0 Å². The van der Waals surface area contributed by atoms with E-state index in [2.05, 4.69) is 22.5 Å². The zero-order valence-electron chi connectivity index (χ0n) is 8.65. The van der Waals surface area contributed by atoms with E-state index in [-0.39, 0.29) is 11.4 Å². The van der Waals surface area contributed by atoms with E-state index >= 15 is 0 Å². The molecule has 1 aromatic rings. The molecule has 88 valence electrons. The van der Waals surface area contributed by atoms with Crippen molar-refractivity contribution in [2.75, 3.05) is 13.6 Å². The molecule has 0 aromatic heterocycles. The molecule has 0 fully saturated rings. The molecule has 1 aromatic carbocycles. The van der Waals surface area contributed by atoms with Gasteiger partial charge in [-0.05, 0) is 18.2 Å². The van der Waals surface area contributed by atoms with E-state index in [0.717, 1.165) is 10.4 Å². The summed E-state index contributed by atoms with van der Waals surface area (Å²) in [6.45, 7) is 3.57. The Bertz CT molecular complexity index is 502. The van der Waals surface area contributed by atoms with Crippen LogP contribution in [0, 0.1) is 5.82 Å². The summed E-state index contributed by atoms with van der Waals surface area (Å²) in [5, 5.41) is 0. The number of hydrogen-bond donors (Lipinski definition) is 0. The lowest BCUT2D eigenvalue weighted by molar-refractivity contribution is 0.489. The zero-order chi connectivity index (χ0) is 12.3. The maximum atomic E-state index is 13.5. The molecule has 0 aliphatic carbocycles. The summed E-state index contributed by atoms with van der Waals surface area (Å²) < 4.78 is 38.8. The lowest BCUT2D eigenvalue weighted by atomic mass is 10.3. The summed E-state index contributed by atoms with van der Waals surface area (Å²) in [7, 11) is -2.41. The topological polar surface area (TPSA) is 37.4 Å². The largest absolute Gasteiger partial charge is 0.246 e. The van der Waals surface area contributed by atoms with Crippen molar-refractivity contribution in [3.63, 3.8) is 0 Å². The van der Waals surface area contributed by atoms with Crippen molar-refractivity contribution in [1.29, 1.82) is 0 Å². The van der Waals surface area contributed by atoms with E-state index < -0.39 is 15.8 Å². The fourth-order valence-corrected chi connectivity index (χ4v) is 2.65. The Morgan fingerprint density at radius 3 is 2.69 bits per heavy atom. The molecule has 0 unspecified atom stereocenters. The van der Waals surface area contributed by atoms with Crippen molar-refractivity contribution in [2.24, 2.45) is 0 Å². The minimum absolute atomic E-state index is 0.137. The quantitative estimate of drug-likeness (QED) is 0.801. The lowest BCUT2D eigenvalue weighted by Crippen LogP contribution is -2.27. The SMILES string of the molecule is C=CCN(C)S(=O)(=O)c1ccc(Br)cc1F. The van der Waals surface area contributed by atoms with Crippen LogP contribution in [0.1, 0.15) is 0 Å². The molecule has 0 radical (unpaired) electrons. The van der Waals surface area contributed by atoms with Gasteiger partial charge in [-0.15, -0.1) is 6.58 Å². The normalized spacial score (nSPS) is 11.8. The zero-order valence-corrected chi connectivity index (χ0v) is 11.1. The van der Waals surface area contributed by atoms with E-state index in [1.807, 2.05) is 0 Å². The third-order valence-electron chi connectivity index (χ3n) is 1.97. The smallest absolute Gasteiger partial charge is 0.207 e. The van der Waals surface area contributed by atoms with Crippen LogP contribution in [0.3, 0.4) is 0 Å². The van der Waals surface area contributed by atoms with E-state index in [4.69, 9.17) is 0 Å². The Labute approximate surface area is 103 Å². The van der Waals surface area contributed by atoms with Gasteiger partial charge in [0.05, 0.1) is 0 Å². The summed E-state index contributed by atoms with van der Waals surface area (Å²) in [5.41, 5.74) is 0. The van der Waals surface area contributed by atoms with Crippen LogP contribution in [0.25, 0.3) is 0 Å². The molecule has 0 amide bonds. The molecule has 0 N–H and O–H groups in total. The highest BCUT2D eigenvalue weighted by Gasteiger charge is 2.23. The molecule has 0 saturated heterocycles. The summed E-state index contributed by atoms with van der Waals surface area (Å²) in [5.74, 6) is -0.773. The van der Waals surface area contributed by atoms with E-state index in [1.54, 1.807) is 0 Å². The predicted molar refractivity (Wildman–Crippen MR) is 64.1 cm³/mol. The second-order valence-corrected chi connectivity index (χ2v) is 6.08. The van der Waals surface area contributed by atoms with Gasteiger partial charge >= 0.3 is 0 Å². The highest BCUT2D eigenvalue weighted by atomic mass is 79.9. The van der Waals surface area contributed by atoms with Crippen molar-refractivity contribution in [3.8, 4) is 0 Å². The molecule has 0 spiro atoms. The van der Waals surface area contributed by atoms with Crippen LogP contribution in [-0.2, 0) is 10.0 Å². The average molecular weight is 308 g/mol. The summed E-state index contributed by atoms with van der Waals surface area (Å²) in [6.07, 6.45) is 1.44. The average Bonchev–Trinajstić information content (AvgIpc) is 2.17. The Hall–Kier alpha value is -0.720. The van der Waals surface area contributed by atoms with Gasteiger partial charge in [0.2, 0.25) is 10.0 Å². The highest BCUT2D eigenvalue weighted by Crippen LogP contribution is 2.21. The Kier molecular flexibility index (Phi) is 4.23. The van der Waals surface area contributed by atoms with Crippen LogP contribution in [0.15, 0.2) is 40.2 Å². The first kappa shape index (κ1) is 13.3. The first-order chi connectivity index (χ1) is 7.39. The van der Waals surface area contributed by atoms with E-state index in [9.17, 15) is 12.8 Å². The van der Waals surface area contributed by atoms with Gasteiger partial charge in [-0.2, -0.15) is 4.31 Å². The fraction of sp³-hybridized carbons (Fsp3) is 0.200. The minimum atomic E-state index is -3.78. The molecule has 0 aliphatic rings. The molecular formula is C10H11BrFNO2S. The maximum absolute atomic E-state index is 13.5. The predicted octanol–water partition coefficient (Wildman–Crippen LogP) is 2.39. The van der Waals surface area contributed by atoms with E-state index in [0.29, 0.717) is 4.47 Å². The second-order valence-electron chi connectivity index (χ2n) is 3.15. The van der Waals surface area contributed by atoms with Crippen LogP contribution in [0.5, 0.6) is 0 Å².